The number of allylic oxidation sites excluding steroid dienone is 2. The number of nitrogens with one attached hydrogen (secondary N) is 1. The van der Waals surface area contributed by atoms with Crippen molar-refractivity contribution in [2.75, 3.05) is 5.32 Å². The van der Waals surface area contributed by atoms with Crippen LogP contribution in [0.15, 0.2) is 49.3 Å². The van der Waals surface area contributed by atoms with E-state index in [2.05, 4.69) is 11.9 Å². The van der Waals surface area contributed by atoms with Crippen LogP contribution < -0.4 is 16.8 Å². The van der Waals surface area contributed by atoms with Gasteiger partial charge in [0.05, 0.1) is 5.69 Å². The van der Waals surface area contributed by atoms with Gasteiger partial charge in [0.15, 0.2) is 6.29 Å². The highest BCUT2D eigenvalue weighted by Gasteiger charge is 2.07. The molecule has 0 saturated heterocycles. The molecule has 5 heteroatoms. The lowest BCUT2D eigenvalue weighted by Gasteiger charge is -2.09. The Morgan fingerprint density at radius 3 is 2.58 bits per heavy atom. The summed E-state index contributed by atoms with van der Waals surface area (Å²) >= 11 is 0. The highest BCUT2D eigenvalue weighted by Crippen LogP contribution is 2.22. The van der Waals surface area contributed by atoms with E-state index >= 15 is 0 Å². The van der Waals surface area contributed by atoms with Crippen molar-refractivity contribution in [1.29, 1.82) is 0 Å². The molecule has 5 nitrogen and oxygen atoms in total. The summed E-state index contributed by atoms with van der Waals surface area (Å²) in [6, 6.07) is 4.95. The predicted octanol–water partition coefficient (Wildman–Crippen LogP) is 1.40. The van der Waals surface area contributed by atoms with Crippen molar-refractivity contribution in [3.05, 3.63) is 60.5 Å². The molecule has 1 aromatic carbocycles. The fourth-order valence-corrected chi connectivity index (χ4v) is 1.48. The van der Waals surface area contributed by atoms with E-state index in [0.717, 1.165) is 11.6 Å². The minimum absolute atomic E-state index is 0.368. The van der Waals surface area contributed by atoms with Crippen LogP contribution in [0, 0.1) is 0 Å². The number of aldehydes is 1. The molecule has 0 heterocycles. The van der Waals surface area contributed by atoms with E-state index in [4.69, 9.17) is 11.5 Å². The molecule has 19 heavy (non-hydrogen) atoms. The number of benzene rings is 1. The first kappa shape index (κ1) is 14.2. The van der Waals surface area contributed by atoms with Crippen molar-refractivity contribution < 1.29 is 9.59 Å². The zero-order chi connectivity index (χ0) is 14.3. The first-order chi connectivity index (χ1) is 9.15. The van der Waals surface area contributed by atoms with Gasteiger partial charge in [0, 0.05) is 11.8 Å². The first-order valence-corrected chi connectivity index (χ1v) is 5.49. The molecule has 0 atom stereocenters. The molecule has 0 unspecified atom stereocenters. The number of nitrogens with two attached hydrogens (primary N) is 2. The zero-order valence-electron chi connectivity index (χ0n) is 10.3. The van der Waals surface area contributed by atoms with Crippen LogP contribution in [0.4, 0.5) is 5.69 Å². The molecule has 0 aliphatic rings. The molecule has 0 fully saturated rings. The average Bonchev–Trinajstić information content (AvgIpc) is 2.44. The van der Waals surface area contributed by atoms with Crippen LogP contribution in [0.25, 0.3) is 5.57 Å². The van der Waals surface area contributed by atoms with Gasteiger partial charge in [-0.3, -0.25) is 9.59 Å². The monoisotopic (exact) mass is 257 g/mol. The SMILES string of the molecule is C=CC(=O)Nc1cc(C(=CN)/C=C\N)ccc1C=O. The van der Waals surface area contributed by atoms with Crippen LogP contribution in [-0.4, -0.2) is 12.2 Å². The van der Waals surface area contributed by atoms with Gasteiger partial charge >= 0.3 is 0 Å². The fourth-order valence-electron chi connectivity index (χ4n) is 1.48. The fraction of sp³-hybridized carbons (Fsp3) is 0. The van der Waals surface area contributed by atoms with Gasteiger partial charge in [-0.25, -0.2) is 0 Å². The molecule has 1 rings (SSSR count). The van der Waals surface area contributed by atoms with Crippen molar-refractivity contribution in [3.63, 3.8) is 0 Å². The lowest BCUT2D eigenvalue weighted by molar-refractivity contribution is -0.111. The smallest absolute Gasteiger partial charge is 0.247 e. The van der Waals surface area contributed by atoms with Gasteiger partial charge in [0.1, 0.15) is 0 Å². The van der Waals surface area contributed by atoms with Crippen molar-refractivity contribution in [3.8, 4) is 0 Å². The van der Waals surface area contributed by atoms with Crippen LogP contribution in [0.1, 0.15) is 15.9 Å². The maximum absolute atomic E-state index is 11.3. The van der Waals surface area contributed by atoms with Crippen molar-refractivity contribution in [2.24, 2.45) is 11.5 Å². The van der Waals surface area contributed by atoms with E-state index in [1.807, 2.05) is 0 Å². The number of anilines is 1. The van der Waals surface area contributed by atoms with Crippen LogP contribution in [-0.2, 0) is 4.79 Å². The molecular weight excluding hydrogens is 242 g/mol. The van der Waals surface area contributed by atoms with E-state index in [1.54, 1.807) is 24.3 Å². The van der Waals surface area contributed by atoms with Gasteiger partial charge in [-0.15, -0.1) is 0 Å². The molecule has 0 aliphatic carbocycles. The Balaban J connectivity index is 3.24. The summed E-state index contributed by atoms with van der Waals surface area (Å²) in [5, 5.41) is 2.56. The largest absolute Gasteiger partial charge is 0.405 e. The number of carbonyl (C=O) groups is 2. The maximum atomic E-state index is 11.3. The molecule has 1 amide bonds. The summed E-state index contributed by atoms with van der Waals surface area (Å²) < 4.78 is 0. The lowest BCUT2D eigenvalue weighted by atomic mass is 10.0. The molecule has 0 bridgehead atoms. The highest BCUT2D eigenvalue weighted by atomic mass is 16.1. The quantitative estimate of drug-likeness (QED) is 0.422. The topological polar surface area (TPSA) is 98.2 Å². The third kappa shape index (κ3) is 3.57. The molecule has 0 saturated carbocycles. The second kappa shape index (κ2) is 6.80. The van der Waals surface area contributed by atoms with Gasteiger partial charge in [-0.2, -0.15) is 0 Å². The van der Waals surface area contributed by atoms with Crippen LogP contribution in [0.3, 0.4) is 0 Å². The summed E-state index contributed by atoms with van der Waals surface area (Å²) in [4.78, 5) is 22.2. The third-order valence-corrected chi connectivity index (χ3v) is 2.41. The van der Waals surface area contributed by atoms with E-state index in [9.17, 15) is 9.59 Å². The lowest BCUT2D eigenvalue weighted by Crippen LogP contribution is -2.09. The van der Waals surface area contributed by atoms with Crippen LogP contribution in [0.2, 0.25) is 0 Å². The second-order valence-corrected chi connectivity index (χ2v) is 3.59. The van der Waals surface area contributed by atoms with Gasteiger partial charge < -0.3 is 16.8 Å². The Kier molecular flexibility index (Phi) is 5.10. The van der Waals surface area contributed by atoms with E-state index in [0.29, 0.717) is 23.1 Å². The number of rotatable bonds is 5. The third-order valence-electron chi connectivity index (χ3n) is 2.41. The molecule has 0 aliphatic heterocycles. The average molecular weight is 257 g/mol. The molecule has 0 spiro atoms. The summed E-state index contributed by atoms with van der Waals surface area (Å²) in [5.74, 6) is -0.395. The van der Waals surface area contributed by atoms with Gasteiger partial charge in [-0.1, -0.05) is 12.6 Å². The second-order valence-electron chi connectivity index (χ2n) is 3.59. The van der Waals surface area contributed by atoms with Crippen molar-refractivity contribution in [2.45, 2.75) is 0 Å². The number of carbonyl (C=O) groups excluding carboxylic acids is 2. The minimum atomic E-state index is -0.395. The van der Waals surface area contributed by atoms with E-state index in [-0.39, 0.29) is 0 Å². The Hall–Kier alpha value is -2.82. The van der Waals surface area contributed by atoms with Gasteiger partial charge in [0.2, 0.25) is 5.91 Å². The Bertz CT molecular complexity index is 560. The summed E-state index contributed by atoms with van der Waals surface area (Å²) in [5.41, 5.74) is 13.0. The highest BCUT2D eigenvalue weighted by molar-refractivity contribution is 6.02. The predicted molar refractivity (Wildman–Crippen MR) is 76.1 cm³/mol. The summed E-state index contributed by atoms with van der Waals surface area (Å²) in [6.45, 7) is 3.36. The van der Waals surface area contributed by atoms with Crippen molar-refractivity contribution in [1.82, 2.24) is 0 Å². The summed E-state index contributed by atoms with van der Waals surface area (Å²) in [7, 11) is 0. The van der Waals surface area contributed by atoms with Crippen LogP contribution >= 0.6 is 0 Å². The normalized spacial score (nSPS) is 11.3. The van der Waals surface area contributed by atoms with Gasteiger partial charge in [0.25, 0.3) is 0 Å². The van der Waals surface area contributed by atoms with Crippen LogP contribution in [0.5, 0.6) is 0 Å². The number of hydrogen-bond donors (Lipinski definition) is 3. The van der Waals surface area contributed by atoms with E-state index in [1.165, 1.54) is 12.4 Å². The Labute approximate surface area is 111 Å². The molecular formula is C14H15N3O2. The first-order valence-electron chi connectivity index (χ1n) is 5.49. The molecule has 98 valence electrons. The number of hydrogen-bond acceptors (Lipinski definition) is 4. The van der Waals surface area contributed by atoms with Gasteiger partial charge in [-0.05, 0) is 41.6 Å². The standard InChI is InChI=1S/C14H15N3O2/c1-2-14(19)17-13-7-10(3-4-12(13)9-18)11(8-16)5-6-15/h2-9H,1,15-16H2,(H,17,19)/b6-5-,11-8?. The molecule has 0 aromatic heterocycles. The zero-order valence-corrected chi connectivity index (χ0v) is 10.3. The Morgan fingerprint density at radius 1 is 1.32 bits per heavy atom. The molecule has 0 radical (unpaired) electrons. The summed E-state index contributed by atoms with van der Waals surface area (Å²) in [6.07, 6.45) is 6.15. The molecule has 1 aromatic rings. The van der Waals surface area contributed by atoms with Crippen molar-refractivity contribution >= 4 is 23.5 Å². The number of amides is 1. The maximum Gasteiger partial charge on any atom is 0.247 e. The minimum Gasteiger partial charge on any atom is -0.405 e. The molecule has 5 N–H and O–H groups in total. The van der Waals surface area contributed by atoms with E-state index < -0.39 is 5.91 Å². The Morgan fingerprint density at radius 2 is 2.05 bits per heavy atom.